The SMILES string of the molecule is COc1ccc(NC(=O)N2N=C(c3cccnc3)CC2c2ccccc2O)cc1OC1CCCC1. The van der Waals surface area contributed by atoms with Crippen LogP contribution in [0.15, 0.2) is 72.1 Å². The lowest BCUT2D eigenvalue weighted by Crippen LogP contribution is -2.31. The number of aromatic nitrogens is 1. The molecule has 3 aromatic rings. The molecule has 0 saturated heterocycles. The molecule has 2 heterocycles. The number of urea groups is 1. The smallest absolute Gasteiger partial charge is 0.342 e. The first-order chi connectivity index (χ1) is 17.1. The number of hydrazone groups is 1. The van der Waals surface area contributed by atoms with Crippen LogP contribution in [0.4, 0.5) is 10.5 Å². The van der Waals surface area contributed by atoms with E-state index >= 15 is 0 Å². The van der Waals surface area contributed by atoms with Crippen LogP contribution in [0.3, 0.4) is 0 Å². The number of amides is 2. The average molecular weight is 473 g/mol. The number of carbonyl (C=O) groups is 1. The van der Waals surface area contributed by atoms with Gasteiger partial charge in [-0.3, -0.25) is 4.98 Å². The standard InChI is InChI=1S/C27H28N4O4/c1-34-25-13-12-19(15-26(25)35-20-8-2-3-9-20)29-27(33)31-23(21-10-4-5-11-24(21)32)16-22(30-31)18-7-6-14-28-17-18/h4-7,10-15,17,20,23,32H,2-3,8-9,16H2,1H3,(H,29,33). The number of hydrogen-bond donors (Lipinski definition) is 2. The minimum atomic E-state index is -0.459. The second-order valence-corrected chi connectivity index (χ2v) is 8.73. The zero-order chi connectivity index (χ0) is 24.2. The minimum absolute atomic E-state index is 0.120. The maximum atomic E-state index is 13.4. The lowest BCUT2D eigenvalue weighted by atomic mass is 9.98. The minimum Gasteiger partial charge on any atom is -0.508 e. The lowest BCUT2D eigenvalue weighted by Gasteiger charge is -2.23. The Labute approximate surface area is 204 Å². The number of hydrogen-bond acceptors (Lipinski definition) is 6. The number of ether oxygens (including phenoxy) is 2. The molecular formula is C27H28N4O4. The number of para-hydroxylation sites is 1. The molecule has 1 saturated carbocycles. The van der Waals surface area contributed by atoms with Crippen molar-refractivity contribution in [2.45, 2.75) is 44.2 Å². The summed E-state index contributed by atoms with van der Waals surface area (Å²) in [5.74, 6) is 1.35. The van der Waals surface area contributed by atoms with Gasteiger partial charge in [-0.1, -0.05) is 24.3 Å². The molecule has 0 bridgehead atoms. The molecule has 35 heavy (non-hydrogen) atoms. The first-order valence-electron chi connectivity index (χ1n) is 11.8. The Morgan fingerprint density at radius 2 is 1.91 bits per heavy atom. The van der Waals surface area contributed by atoms with Crippen molar-refractivity contribution in [1.29, 1.82) is 0 Å². The maximum Gasteiger partial charge on any atom is 0.342 e. The average Bonchev–Trinajstić information content (AvgIpc) is 3.56. The van der Waals surface area contributed by atoms with Crippen LogP contribution < -0.4 is 14.8 Å². The number of nitrogens with one attached hydrogen (secondary N) is 1. The van der Waals surface area contributed by atoms with E-state index in [1.54, 1.807) is 49.8 Å². The zero-order valence-electron chi connectivity index (χ0n) is 19.6. The molecule has 0 spiro atoms. The molecule has 1 aromatic heterocycles. The van der Waals surface area contributed by atoms with Crippen molar-refractivity contribution in [3.8, 4) is 17.2 Å². The molecule has 180 valence electrons. The zero-order valence-corrected chi connectivity index (χ0v) is 19.6. The quantitative estimate of drug-likeness (QED) is 0.494. The summed E-state index contributed by atoms with van der Waals surface area (Å²) in [7, 11) is 1.60. The summed E-state index contributed by atoms with van der Waals surface area (Å²) >= 11 is 0. The number of rotatable bonds is 6. The maximum absolute atomic E-state index is 13.4. The van der Waals surface area contributed by atoms with Crippen LogP contribution in [0, 0.1) is 0 Å². The first-order valence-corrected chi connectivity index (χ1v) is 11.8. The number of carbonyl (C=O) groups excluding carboxylic acids is 1. The van der Waals surface area contributed by atoms with Gasteiger partial charge in [0.25, 0.3) is 0 Å². The normalized spacial score (nSPS) is 17.8. The van der Waals surface area contributed by atoms with E-state index < -0.39 is 12.1 Å². The van der Waals surface area contributed by atoms with Crippen LogP contribution >= 0.6 is 0 Å². The number of phenolic OH excluding ortho intramolecular Hbond substituents is 1. The van der Waals surface area contributed by atoms with Gasteiger partial charge in [0.2, 0.25) is 0 Å². The van der Waals surface area contributed by atoms with Crippen LogP contribution in [0.1, 0.15) is 49.3 Å². The van der Waals surface area contributed by atoms with E-state index in [2.05, 4.69) is 15.4 Å². The summed E-state index contributed by atoms with van der Waals surface area (Å²) in [6, 6.07) is 15.2. The Morgan fingerprint density at radius 1 is 1.09 bits per heavy atom. The van der Waals surface area contributed by atoms with Crippen molar-refractivity contribution < 1.29 is 19.4 Å². The number of anilines is 1. The third kappa shape index (κ3) is 4.91. The molecule has 2 N–H and O–H groups in total. The van der Waals surface area contributed by atoms with Gasteiger partial charge in [-0.15, -0.1) is 0 Å². The van der Waals surface area contributed by atoms with Crippen LogP contribution in [0.25, 0.3) is 0 Å². The Hall–Kier alpha value is -4.07. The number of pyridine rings is 1. The van der Waals surface area contributed by atoms with E-state index in [1.807, 2.05) is 24.3 Å². The highest BCUT2D eigenvalue weighted by Crippen LogP contribution is 2.38. The van der Waals surface area contributed by atoms with Gasteiger partial charge in [-0.2, -0.15) is 5.10 Å². The molecule has 1 aliphatic carbocycles. The number of phenols is 1. The van der Waals surface area contributed by atoms with Crippen LogP contribution in [-0.2, 0) is 0 Å². The largest absolute Gasteiger partial charge is 0.508 e. The molecule has 1 atom stereocenters. The highest BCUT2D eigenvalue weighted by Gasteiger charge is 2.35. The Morgan fingerprint density at radius 3 is 2.66 bits per heavy atom. The predicted molar refractivity (Wildman–Crippen MR) is 133 cm³/mol. The molecule has 5 rings (SSSR count). The molecule has 0 radical (unpaired) electrons. The number of aromatic hydroxyl groups is 1. The van der Waals surface area contributed by atoms with Gasteiger partial charge >= 0.3 is 6.03 Å². The summed E-state index contributed by atoms with van der Waals surface area (Å²) in [5.41, 5.74) is 2.76. The Bertz CT molecular complexity index is 1220. The molecule has 1 aliphatic heterocycles. The molecule has 8 nitrogen and oxygen atoms in total. The molecule has 2 amide bonds. The summed E-state index contributed by atoms with van der Waals surface area (Å²) in [4.78, 5) is 17.6. The Balaban J connectivity index is 1.41. The fourth-order valence-corrected chi connectivity index (χ4v) is 4.63. The lowest BCUT2D eigenvalue weighted by molar-refractivity contribution is 0.198. The van der Waals surface area contributed by atoms with E-state index in [0.29, 0.717) is 29.2 Å². The van der Waals surface area contributed by atoms with Crippen molar-refractivity contribution in [3.63, 3.8) is 0 Å². The summed E-state index contributed by atoms with van der Waals surface area (Å²) in [5, 5.41) is 19.4. The van der Waals surface area contributed by atoms with Crippen molar-refractivity contribution in [2.75, 3.05) is 12.4 Å². The van der Waals surface area contributed by atoms with Gasteiger partial charge in [-0.05, 0) is 49.9 Å². The second kappa shape index (κ2) is 10.0. The molecule has 8 heteroatoms. The van der Waals surface area contributed by atoms with Gasteiger partial charge in [0, 0.05) is 41.7 Å². The first kappa shape index (κ1) is 22.7. The summed E-state index contributed by atoms with van der Waals surface area (Å²) in [6.07, 6.45) is 8.37. The molecule has 1 fully saturated rings. The molecule has 2 aliphatic rings. The fraction of sp³-hybridized carbons (Fsp3) is 0.296. The summed E-state index contributed by atoms with van der Waals surface area (Å²) in [6.45, 7) is 0. The molecule has 2 aromatic carbocycles. The molecule has 1 unspecified atom stereocenters. The van der Waals surface area contributed by atoms with Crippen molar-refractivity contribution in [2.24, 2.45) is 5.10 Å². The van der Waals surface area contributed by atoms with E-state index in [4.69, 9.17) is 9.47 Å². The van der Waals surface area contributed by atoms with Crippen molar-refractivity contribution in [3.05, 3.63) is 78.1 Å². The summed E-state index contributed by atoms with van der Waals surface area (Å²) < 4.78 is 11.6. The monoisotopic (exact) mass is 472 g/mol. The van der Waals surface area contributed by atoms with Crippen molar-refractivity contribution >= 4 is 17.4 Å². The number of benzene rings is 2. The van der Waals surface area contributed by atoms with E-state index in [9.17, 15) is 9.90 Å². The van der Waals surface area contributed by atoms with Gasteiger partial charge in [-0.25, -0.2) is 9.80 Å². The van der Waals surface area contributed by atoms with E-state index in [1.165, 1.54) is 5.01 Å². The Kier molecular flexibility index (Phi) is 6.52. The predicted octanol–water partition coefficient (Wildman–Crippen LogP) is 5.50. The van der Waals surface area contributed by atoms with Gasteiger partial charge in [0.05, 0.1) is 25.0 Å². The highest BCUT2D eigenvalue weighted by molar-refractivity contribution is 6.04. The third-order valence-corrected chi connectivity index (χ3v) is 6.42. The van der Waals surface area contributed by atoms with E-state index in [0.717, 1.165) is 37.0 Å². The van der Waals surface area contributed by atoms with E-state index in [-0.39, 0.29) is 11.9 Å². The van der Waals surface area contributed by atoms with Gasteiger partial charge < -0.3 is 19.9 Å². The number of nitrogens with zero attached hydrogens (tertiary/aromatic N) is 3. The van der Waals surface area contributed by atoms with Gasteiger partial charge in [0.15, 0.2) is 11.5 Å². The highest BCUT2D eigenvalue weighted by atomic mass is 16.5. The topological polar surface area (TPSA) is 96.3 Å². The van der Waals surface area contributed by atoms with Crippen molar-refractivity contribution in [1.82, 2.24) is 9.99 Å². The van der Waals surface area contributed by atoms with Crippen LogP contribution in [0.5, 0.6) is 17.2 Å². The molecular weight excluding hydrogens is 444 g/mol. The van der Waals surface area contributed by atoms with Gasteiger partial charge in [0.1, 0.15) is 5.75 Å². The second-order valence-electron chi connectivity index (χ2n) is 8.73. The fourth-order valence-electron chi connectivity index (χ4n) is 4.63. The number of methoxy groups -OCH3 is 1. The van der Waals surface area contributed by atoms with Crippen LogP contribution in [-0.4, -0.2) is 40.1 Å². The van der Waals surface area contributed by atoms with Crippen LogP contribution in [0.2, 0.25) is 0 Å². The third-order valence-electron chi connectivity index (χ3n) is 6.42.